The predicted molar refractivity (Wildman–Crippen MR) is 89.5 cm³/mol. The Morgan fingerprint density at radius 1 is 1.48 bits per heavy atom. The highest BCUT2D eigenvalue weighted by atomic mass is 32.2. The topological polar surface area (TPSA) is 42.0 Å². The molecular weight excluding hydrogens is 300 g/mol. The maximum absolute atomic E-state index is 12.3. The number of anilines is 1. The van der Waals surface area contributed by atoms with E-state index in [0.29, 0.717) is 5.56 Å². The van der Waals surface area contributed by atoms with Gasteiger partial charge in [0.15, 0.2) is 5.13 Å². The summed E-state index contributed by atoms with van der Waals surface area (Å²) in [5.41, 5.74) is 1.86. The minimum atomic E-state index is -0.0787. The maximum Gasteiger partial charge on any atom is 0.257 e. The van der Waals surface area contributed by atoms with Gasteiger partial charge in [0, 0.05) is 15.3 Å². The van der Waals surface area contributed by atoms with E-state index in [1.807, 2.05) is 30.5 Å². The highest BCUT2D eigenvalue weighted by Gasteiger charge is 2.20. The highest BCUT2D eigenvalue weighted by molar-refractivity contribution is 7.98. The van der Waals surface area contributed by atoms with Gasteiger partial charge in [0.1, 0.15) is 0 Å². The number of thiazole rings is 1. The fourth-order valence-corrected chi connectivity index (χ4v) is 4.15. The second-order valence-corrected chi connectivity index (χ2v) is 7.39. The van der Waals surface area contributed by atoms with Crippen LogP contribution in [0.2, 0.25) is 0 Å². The Labute approximate surface area is 133 Å². The fraction of sp³-hybridized carbons (Fsp3) is 0.375. The van der Waals surface area contributed by atoms with Gasteiger partial charge in [0.25, 0.3) is 5.91 Å². The molecule has 3 nitrogen and oxygen atoms in total. The maximum atomic E-state index is 12.3. The van der Waals surface area contributed by atoms with Crippen molar-refractivity contribution < 1.29 is 4.79 Å². The summed E-state index contributed by atoms with van der Waals surface area (Å²) in [5, 5.41) is 3.67. The molecule has 0 spiro atoms. The van der Waals surface area contributed by atoms with Gasteiger partial charge in [0.05, 0.1) is 5.69 Å². The van der Waals surface area contributed by atoms with Crippen molar-refractivity contribution in [1.29, 1.82) is 0 Å². The minimum absolute atomic E-state index is 0.0787. The Bertz CT molecular complexity index is 666. The van der Waals surface area contributed by atoms with E-state index in [4.69, 9.17) is 0 Å². The minimum Gasteiger partial charge on any atom is -0.298 e. The van der Waals surface area contributed by atoms with Gasteiger partial charge in [-0.05, 0) is 49.6 Å². The molecule has 1 heterocycles. The Morgan fingerprint density at radius 2 is 2.33 bits per heavy atom. The molecule has 0 saturated carbocycles. The van der Waals surface area contributed by atoms with Crippen LogP contribution in [0.25, 0.3) is 0 Å². The van der Waals surface area contributed by atoms with Crippen LogP contribution in [0.1, 0.15) is 34.3 Å². The van der Waals surface area contributed by atoms with Gasteiger partial charge in [-0.1, -0.05) is 13.0 Å². The lowest BCUT2D eigenvalue weighted by Gasteiger charge is -2.15. The normalized spacial score (nSPS) is 17.3. The summed E-state index contributed by atoms with van der Waals surface area (Å²) < 4.78 is 0. The molecular formula is C16H18N2OS2. The van der Waals surface area contributed by atoms with Crippen molar-refractivity contribution in [3.8, 4) is 0 Å². The number of aryl methyl sites for hydroxylation is 1. The predicted octanol–water partition coefficient (Wildman–Crippen LogP) is 4.24. The Morgan fingerprint density at radius 3 is 3.14 bits per heavy atom. The molecule has 1 aliphatic carbocycles. The average molecular weight is 318 g/mol. The third-order valence-corrected chi connectivity index (χ3v) is 5.50. The summed E-state index contributed by atoms with van der Waals surface area (Å²) in [6.07, 6.45) is 5.32. The van der Waals surface area contributed by atoms with Crippen molar-refractivity contribution in [1.82, 2.24) is 4.98 Å². The molecule has 1 aromatic heterocycles. The van der Waals surface area contributed by atoms with E-state index in [1.165, 1.54) is 17.0 Å². The molecule has 2 aromatic rings. The molecule has 0 radical (unpaired) electrons. The van der Waals surface area contributed by atoms with Gasteiger partial charge < -0.3 is 0 Å². The van der Waals surface area contributed by atoms with Crippen molar-refractivity contribution >= 4 is 34.1 Å². The van der Waals surface area contributed by atoms with Crippen molar-refractivity contribution in [2.24, 2.45) is 5.92 Å². The van der Waals surface area contributed by atoms with Crippen LogP contribution in [0.3, 0.4) is 0 Å². The van der Waals surface area contributed by atoms with Crippen LogP contribution in [-0.2, 0) is 12.8 Å². The number of rotatable bonds is 3. The molecule has 1 aliphatic rings. The van der Waals surface area contributed by atoms with Crippen molar-refractivity contribution in [2.45, 2.75) is 31.1 Å². The van der Waals surface area contributed by atoms with Crippen LogP contribution in [-0.4, -0.2) is 17.1 Å². The average Bonchev–Trinajstić information content (AvgIpc) is 2.88. The van der Waals surface area contributed by atoms with Gasteiger partial charge >= 0.3 is 0 Å². The van der Waals surface area contributed by atoms with E-state index >= 15 is 0 Å². The zero-order chi connectivity index (χ0) is 14.8. The number of carbonyl (C=O) groups is 1. The first-order chi connectivity index (χ1) is 10.2. The van der Waals surface area contributed by atoms with Crippen molar-refractivity contribution in [3.05, 3.63) is 40.4 Å². The first kappa shape index (κ1) is 14.6. The molecule has 1 N–H and O–H groups in total. The standard InChI is InChI=1S/C16H18N2OS2/c1-10-6-7-13-14(8-10)21-16(17-13)18-15(19)11-4-3-5-12(9-11)20-2/h3-5,9-10H,6-8H2,1-2H3,(H,17,18,19). The lowest BCUT2D eigenvalue weighted by molar-refractivity contribution is 0.102. The molecule has 21 heavy (non-hydrogen) atoms. The van der Waals surface area contributed by atoms with Crippen LogP contribution < -0.4 is 5.32 Å². The molecule has 5 heteroatoms. The third-order valence-electron chi connectivity index (χ3n) is 3.74. The van der Waals surface area contributed by atoms with Gasteiger partial charge in [-0.3, -0.25) is 10.1 Å². The molecule has 0 aliphatic heterocycles. The fourth-order valence-electron chi connectivity index (χ4n) is 2.53. The van der Waals surface area contributed by atoms with Crippen molar-refractivity contribution in [3.63, 3.8) is 0 Å². The number of fused-ring (bicyclic) bond motifs is 1. The zero-order valence-electron chi connectivity index (χ0n) is 12.2. The summed E-state index contributed by atoms with van der Waals surface area (Å²) in [6, 6.07) is 7.67. The molecule has 1 aromatic carbocycles. The number of hydrogen-bond acceptors (Lipinski definition) is 4. The first-order valence-corrected chi connectivity index (χ1v) is 9.14. The van der Waals surface area contributed by atoms with E-state index in [2.05, 4.69) is 17.2 Å². The zero-order valence-corrected chi connectivity index (χ0v) is 13.8. The molecule has 1 atom stereocenters. The molecule has 1 amide bonds. The lowest BCUT2D eigenvalue weighted by Crippen LogP contribution is -2.12. The molecule has 1 unspecified atom stereocenters. The van der Waals surface area contributed by atoms with Crippen LogP contribution in [0.4, 0.5) is 5.13 Å². The molecule has 0 fully saturated rings. The Balaban J connectivity index is 1.75. The monoisotopic (exact) mass is 318 g/mol. The number of nitrogens with one attached hydrogen (secondary N) is 1. The number of carbonyl (C=O) groups excluding carboxylic acids is 1. The second-order valence-electron chi connectivity index (χ2n) is 5.42. The van der Waals surface area contributed by atoms with Crippen molar-refractivity contribution in [2.75, 3.05) is 11.6 Å². The number of hydrogen-bond donors (Lipinski definition) is 1. The van der Waals surface area contributed by atoms with Gasteiger partial charge in [0.2, 0.25) is 0 Å². The number of benzene rings is 1. The van der Waals surface area contributed by atoms with Crippen LogP contribution >= 0.6 is 23.1 Å². The third kappa shape index (κ3) is 3.30. The molecule has 0 saturated heterocycles. The molecule has 3 rings (SSSR count). The molecule has 110 valence electrons. The van der Waals surface area contributed by atoms with Gasteiger partial charge in [-0.25, -0.2) is 4.98 Å². The Kier molecular flexibility index (Phi) is 4.31. The second kappa shape index (κ2) is 6.20. The number of nitrogens with zero attached hydrogens (tertiary/aromatic N) is 1. The van der Waals surface area contributed by atoms with Crippen LogP contribution in [0.5, 0.6) is 0 Å². The quantitative estimate of drug-likeness (QED) is 0.861. The first-order valence-electron chi connectivity index (χ1n) is 7.09. The van der Waals surface area contributed by atoms with E-state index in [1.54, 1.807) is 23.1 Å². The summed E-state index contributed by atoms with van der Waals surface area (Å²) in [4.78, 5) is 19.3. The molecule has 0 bridgehead atoms. The van der Waals surface area contributed by atoms with Gasteiger partial charge in [-0.15, -0.1) is 23.1 Å². The van der Waals surface area contributed by atoms with E-state index < -0.39 is 0 Å². The van der Waals surface area contributed by atoms with E-state index in [0.717, 1.165) is 28.8 Å². The highest BCUT2D eigenvalue weighted by Crippen LogP contribution is 2.32. The summed E-state index contributed by atoms with van der Waals surface area (Å²) >= 11 is 3.26. The van der Waals surface area contributed by atoms with Crippen LogP contribution in [0, 0.1) is 5.92 Å². The summed E-state index contributed by atoms with van der Waals surface area (Å²) in [7, 11) is 0. The van der Waals surface area contributed by atoms with Gasteiger partial charge in [-0.2, -0.15) is 0 Å². The SMILES string of the molecule is CSc1cccc(C(=O)Nc2nc3c(s2)CC(C)CC3)c1. The number of aromatic nitrogens is 1. The largest absolute Gasteiger partial charge is 0.298 e. The smallest absolute Gasteiger partial charge is 0.257 e. The van der Waals surface area contributed by atoms with Crippen LogP contribution in [0.15, 0.2) is 29.2 Å². The summed E-state index contributed by atoms with van der Waals surface area (Å²) in [6.45, 7) is 2.27. The summed E-state index contributed by atoms with van der Waals surface area (Å²) in [5.74, 6) is 0.643. The van der Waals surface area contributed by atoms with E-state index in [-0.39, 0.29) is 5.91 Å². The Hall–Kier alpha value is -1.33. The lowest BCUT2D eigenvalue weighted by atomic mass is 9.93. The number of thioether (sulfide) groups is 1. The number of amides is 1. The van der Waals surface area contributed by atoms with E-state index in [9.17, 15) is 4.79 Å².